The molecule has 0 bridgehead atoms. The summed E-state index contributed by atoms with van der Waals surface area (Å²) < 4.78 is 31.9. The van der Waals surface area contributed by atoms with Crippen LogP contribution in [0, 0.1) is 18.2 Å². The van der Waals surface area contributed by atoms with E-state index in [0.29, 0.717) is 17.0 Å². The van der Waals surface area contributed by atoms with E-state index in [9.17, 15) is 14.4 Å². The molecule has 174 valence electrons. The zero-order chi connectivity index (χ0) is 23.5. The van der Waals surface area contributed by atoms with Crippen LogP contribution in [0.2, 0.25) is 0 Å². The topological polar surface area (TPSA) is 136 Å². The molecular formula is C21H22FN5O6. The molecule has 0 saturated carbocycles. The van der Waals surface area contributed by atoms with Gasteiger partial charge in [0.15, 0.2) is 5.41 Å². The van der Waals surface area contributed by atoms with Gasteiger partial charge in [-0.05, 0) is 24.6 Å². The number of carbonyl (C=O) groups is 3. The SMILES string of the molecule is COC[C@@H]1CN2c3c(F)cc(-c4noc(C)n4)cc3CC3(C(=O)NC(=O)NC3=O)[C@H]2[C@H](C)O1. The number of morpholine rings is 1. The van der Waals surface area contributed by atoms with E-state index in [1.54, 1.807) is 24.8 Å². The van der Waals surface area contributed by atoms with Crippen LogP contribution in [0.1, 0.15) is 18.4 Å². The number of aryl methyl sites for hydroxylation is 1. The van der Waals surface area contributed by atoms with Gasteiger partial charge in [0.2, 0.25) is 23.5 Å². The van der Waals surface area contributed by atoms with Crippen LogP contribution in [0.25, 0.3) is 11.4 Å². The Hall–Kier alpha value is -3.38. The van der Waals surface area contributed by atoms with E-state index in [1.807, 2.05) is 0 Å². The number of aromatic nitrogens is 2. The maximum absolute atomic E-state index is 15.6. The number of benzene rings is 1. The highest BCUT2D eigenvalue weighted by Crippen LogP contribution is 2.48. The highest BCUT2D eigenvalue weighted by atomic mass is 19.1. The number of rotatable bonds is 3. The first kappa shape index (κ1) is 21.5. The van der Waals surface area contributed by atoms with Crippen molar-refractivity contribution in [3.8, 4) is 11.4 Å². The molecule has 5 rings (SSSR count). The molecule has 11 nitrogen and oxygen atoms in total. The fourth-order valence-corrected chi connectivity index (χ4v) is 5.24. The number of halogens is 1. The summed E-state index contributed by atoms with van der Waals surface area (Å²) in [6.45, 7) is 3.76. The quantitative estimate of drug-likeness (QED) is 0.636. The first-order valence-electron chi connectivity index (χ1n) is 10.5. The number of urea groups is 1. The molecule has 4 amide bonds. The number of hydrogen-bond acceptors (Lipinski definition) is 9. The third-order valence-electron chi connectivity index (χ3n) is 6.39. The minimum atomic E-state index is -1.71. The Balaban J connectivity index is 1.69. The number of ether oxygens (including phenoxy) is 2. The number of nitrogens with one attached hydrogen (secondary N) is 2. The van der Waals surface area contributed by atoms with Crippen LogP contribution in [-0.4, -0.2) is 66.5 Å². The molecule has 2 fully saturated rings. The molecule has 0 aliphatic carbocycles. The molecule has 1 aromatic heterocycles. The van der Waals surface area contributed by atoms with E-state index < -0.39 is 47.3 Å². The Bertz CT molecular complexity index is 1150. The molecule has 4 heterocycles. The fraction of sp³-hybridized carbons (Fsp3) is 0.476. The second-order valence-electron chi connectivity index (χ2n) is 8.50. The van der Waals surface area contributed by atoms with Crippen molar-refractivity contribution < 1.29 is 32.8 Å². The Morgan fingerprint density at radius 3 is 2.64 bits per heavy atom. The molecule has 1 spiro atoms. The molecule has 3 atom stereocenters. The summed E-state index contributed by atoms with van der Waals surface area (Å²) in [4.78, 5) is 44.1. The molecule has 33 heavy (non-hydrogen) atoms. The van der Waals surface area contributed by atoms with Gasteiger partial charge in [-0.15, -0.1) is 0 Å². The van der Waals surface area contributed by atoms with Gasteiger partial charge in [-0.1, -0.05) is 5.16 Å². The van der Waals surface area contributed by atoms with Gasteiger partial charge in [0.05, 0.1) is 30.5 Å². The number of hydrogen-bond donors (Lipinski definition) is 2. The summed E-state index contributed by atoms with van der Waals surface area (Å²) in [7, 11) is 1.53. The molecule has 3 aliphatic rings. The number of fused-ring (bicyclic) bond motifs is 4. The summed E-state index contributed by atoms with van der Waals surface area (Å²) >= 11 is 0. The first-order valence-corrected chi connectivity index (χ1v) is 10.5. The van der Waals surface area contributed by atoms with Gasteiger partial charge in [-0.3, -0.25) is 20.2 Å². The van der Waals surface area contributed by atoms with Gasteiger partial charge in [-0.25, -0.2) is 9.18 Å². The maximum atomic E-state index is 15.6. The standard InChI is InChI=1S/C21H22FN5O6/c1-9-16-21(18(28)24-20(30)25-19(21)29)6-12-4-11(17-23-10(2)33-26-17)5-14(22)15(12)27(16)7-13(32-9)8-31-3/h4-5,9,13,16H,6-8H2,1-3H3,(H2,24,25,28,29,30)/t9-,13-,16+/m0/s1. The summed E-state index contributed by atoms with van der Waals surface area (Å²) in [6.07, 6.45) is -1.20. The van der Waals surface area contributed by atoms with Crippen molar-refractivity contribution in [2.45, 2.75) is 38.5 Å². The van der Waals surface area contributed by atoms with Gasteiger partial charge < -0.3 is 18.9 Å². The third-order valence-corrected chi connectivity index (χ3v) is 6.39. The molecule has 2 N–H and O–H groups in total. The second-order valence-corrected chi connectivity index (χ2v) is 8.50. The Morgan fingerprint density at radius 2 is 2.00 bits per heavy atom. The van der Waals surface area contributed by atoms with Gasteiger partial charge >= 0.3 is 6.03 Å². The monoisotopic (exact) mass is 459 g/mol. The van der Waals surface area contributed by atoms with Crippen LogP contribution in [0.15, 0.2) is 16.7 Å². The van der Waals surface area contributed by atoms with Crippen LogP contribution in [-0.2, 0) is 25.5 Å². The van der Waals surface area contributed by atoms with Crippen LogP contribution in [0.4, 0.5) is 14.9 Å². The van der Waals surface area contributed by atoms with E-state index >= 15 is 4.39 Å². The summed E-state index contributed by atoms with van der Waals surface area (Å²) in [5, 5.41) is 8.25. The summed E-state index contributed by atoms with van der Waals surface area (Å²) in [5.74, 6) is -1.56. The van der Waals surface area contributed by atoms with Crippen molar-refractivity contribution in [2.24, 2.45) is 5.41 Å². The zero-order valence-corrected chi connectivity index (χ0v) is 18.2. The van der Waals surface area contributed by atoms with Crippen molar-refractivity contribution in [2.75, 3.05) is 25.2 Å². The average Bonchev–Trinajstić information content (AvgIpc) is 3.17. The van der Waals surface area contributed by atoms with E-state index in [2.05, 4.69) is 20.8 Å². The lowest BCUT2D eigenvalue weighted by Crippen LogP contribution is -2.75. The number of imide groups is 2. The van der Waals surface area contributed by atoms with Crippen molar-refractivity contribution in [3.05, 3.63) is 29.4 Å². The number of nitrogens with zero attached hydrogens (tertiary/aromatic N) is 3. The normalized spacial score (nSPS) is 26.0. The Labute approximate surface area is 187 Å². The van der Waals surface area contributed by atoms with Crippen LogP contribution in [0.3, 0.4) is 0 Å². The van der Waals surface area contributed by atoms with Crippen molar-refractivity contribution >= 4 is 23.5 Å². The summed E-state index contributed by atoms with van der Waals surface area (Å²) in [5.41, 5.74) is -0.688. The summed E-state index contributed by atoms with van der Waals surface area (Å²) in [6, 6.07) is 1.20. The third kappa shape index (κ3) is 3.20. The highest BCUT2D eigenvalue weighted by molar-refractivity contribution is 6.20. The molecule has 3 aliphatic heterocycles. The molecule has 1 aromatic carbocycles. The first-order chi connectivity index (χ1) is 15.7. The van der Waals surface area contributed by atoms with Crippen molar-refractivity contribution in [1.29, 1.82) is 0 Å². The van der Waals surface area contributed by atoms with Gasteiger partial charge in [0.1, 0.15) is 5.82 Å². The lowest BCUT2D eigenvalue weighted by molar-refractivity contribution is -0.155. The molecule has 2 aromatic rings. The molecule has 0 unspecified atom stereocenters. The lowest BCUT2D eigenvalue weighted by atomic mass is 9.66. The number of barbiturate groups is 1. The number of amides is 4. The van der Waals surface area contributed by atoms with E-state index in [-0.39, 0.29) is 31.1 Å². The predicted molar refractivity (Wildman–Crippen MR) is 110 cm³/mol. The van der Waals surface area contributed by atoms with E-state index in [4.69, 9.17) is 14.0 Å². The van der Waals surface area contributed by atoms with Gasteiger partial charge in [0.25, 0.3) is 0 Å². The highest BCUT2D eigenvalue weighted by Gasteiger charge is 2.63. The predicted octanol–water partition coefficient (Wildman–Crippen LogP) is 0.701. The fourth-order valence-electron chi connectivity index (χ4n) is 5.24. The lowest BCUT2D eigenvalue weighted by Gasteiger charge is -2.55. The Kier molecular flexibility index (Phi) is 4.94. The molecule has 0 radical (unpaired) electrons. The van der Waals surface area contributed by atoms with Gasteiger partial charge in [0, 0.05) is 32.6 Å². The average molecular weight is 459 g/mol. The van der Waals surface area contributed by atoms with E-state index in [1.165, 1.54) is 13.2 Å². The molecule has 2 saturated heterocycles. The van der Waals surface area contributed by atoms with Crippen LogP contribution in [0.5, 0.6) is 0 Å². The van der Waals surface area contributed by atoms with E-state index in [0.717, 1.165) is 0 Å². The van der Waals surface area contributed by atoms with Crippen molar-refractivity contribution in [3.63, 3.8) is 0 Å². The molecular weight excluding hydrogens is 437 g/mol. The minimum Gasteiger partial charge on any atom is -0.382 e. The molecule has 12 heteroatoms. The van der Waals surface area contributed by atoms with Crippen molar-refractivity contribution in [1.82, 2.24) is 20.8 Å². The zero-order valence-electron chi connectivity index (χ0n) is 18.2. The van der Waals surface area contributed by atoms with Crippen LogP contribution < -0.4 is 15.5 Å². The Morgan fingerprint density at radius 1 is 1.27 bits per heavy atom. The number of carbonyl (C=O) groups excluding carboxylic acids is 3. The second kappa shape index (κ2) is 7.59. The largest absolute Gasteiger partial charge is 0.382 e. The number of anilines is 1. The maximum Gasteiger partial charge on any atom is 0.328 e. The number of methoxy groups -OCH3 is 1. The van der Waals surface area contributed by atoms with Crippen LogP contribution >= 0.6 is 0 Å². The van der Waals surface area contributed by atoms with Gasteiger partial charge in [-0.2, -0.15) is 4.98 Å². The smallest absolute Gasteiger partial charge is 0.328 e. The minimum absolute atomic E-state index is 0.140.